The van der Waals surface area contributed by atoms with Crippen molar-refractivity contribution in [1.82, 2.24) is 0 Å². The summed E-state index contributed by atoms with van der Waals surface area (Å²) in [5, 5.41) is 0. The van der Waals surface area contributed by atoms with Gasteiger partial charge in [-0.1, -0.05) is 26.7 Å². The molecule has 0 aliphatic heterocycles. The van der Waals surface area contributed by atoms with Crippen LogP contribution in [0, 0.1) is 5.92 Å². The summed E-state index contributed by atoms with van der Waals surface area (Å²) >= 11 is -0.472. The molecule has 0 aromatic carbocycles. The van der Waals surface area contributed by atoms with Crippen LogP contribution in [0.25, 0.3) is 6.15 Å². The zero-order chi connectivity index (χ0) is 13.8. The summed E-state index contributed by atoms with van der Waals surface area (Å²) in [5.74, 6) is 0.731. The molecule has 0 spiro atoms. The molecule has 0 aromatic rings. The molecular weight excluding hydrogens is 474 g/mol. The van der Waals surface area contributed by atoms with Gasteiger partial charge in [0.15, 0.2) is 0 Å². The molecule has 0 saturated carbocycles. The van der Waals surface area contributed by atoms with Crippen molar-refractivity contribution in [3.63, 3.8) is 0 Å². The molecule has 1 atom stereocenters. The smallest absolute Gasteiger partial charge is 0.693 e. The molecule has 6 N–H and O–H groups in total. The molecule has 0 radical (unpaired) electrons. The first-order valence-electron chi connectivity index (χ1n) is 4.41. The van der Waals surface area contributed by atoms with Crippen LogP contribution in [-0.4, -0.2) is 23.6 Å². The van der Waals surface area contributed by atoms with E-state index >= 15 is 0 Å². The van der Waals surface area contributed by atoms with Gasteiger partial charge in [-0.15, -0.1) is 0 Å². The molecule has 0 rings (SSSR count). The van der Waals surface area contributed by atoms with Gasteiger partial charge in [-0.05, 0) is 12.8 Å². The molecule has 0 aliphatic rings. The molecule has 1 unspecified atom stereocenters. The Morgan fingerprint density at radius 2 is 1.41 bits per heavy atom. The first-order chi connectivity index (χ1) is 7.13. The third-order valence-corrected chi connectivity index (χ3v) is 1.79. The van der Waals surface area contributed by atoms with Crippen molar-refractivity contribution in [3.05, 3.63) is 6.15 Å². The normalized spacial score (nSPS) is 11.6. The van der Waals surface area contributed by atoms with Gasteiger partial charge in [-0.2, -0.15) is 8.42 Å². The topological polar surface area (TPSA) is 134 Å². The molecule has 0 fully saturated rings. The van der Waals surface area contributed by atoms with Gasteiger partial charge in [0.2, 0.25) is 0 Å². The Morgan fingerprint density at radius 1 is 1.24 bits per heavy atom. The number of halogens is 2. The van der Waals surface area contributed by atoms with E-state index in [0.717, 1.165) is 5.92 Å². The van der Waals surface area contributed by atoms with Crippen molar-refractivity contribution >= 4 is 29.2 Å². The largest absolute Gasteiger partial charge is 0.693 e. The number of hydrogen-bond donors (Lipinski definition) is 3. The summed E-state index contributed by atoms with van der Waals surface area (Å²) in [7, 11) is 5.08. The van der Waals surface area contributed by atoms with Gasteiger partial charge in [0.25, 0.3) is 0 Å². The molecular formula is C7H21Cl2N2O4PtS-. The molecule has 17 heavy (non-hydrogen) atoms. The second kappa shape index (κ2) is 17.1. The average molecular weight is 495 g/mol. The Morgan fingerprint density at radius 3 is 1.41 bits per heavy atom. The van der Waals surface area contributed by atoms with Crippen LogP contribution in [0.2, 0.25) is 0 Å². The van der Waals surface area contributed by atoms with E-state index in [1.807, 2.05) is 0 Å². The summed E-state index contributed by atoms with van der Waals surface area (Å²) in [6, 6.07) is 0.380. The van der Waals surface area contributed by atoms with E-state index in [9.17, 15) is 0 Å². The predicted molar refractivity (Wildman–Crippen MR) is 68.9 cm³/mol. The van der Waals surface area contributed by atoms with Gasteiger partial charge in [0.1, 0.15) is 0 Å². The minimum absolute atomic E-state index is 0. The zero-order valence-corrected chi connectivity index (χ0v) is 14.5. The zero-order valence-electron chi connectivity index (χ0n) is 9.91. The monoisotopic (exact) mass is 494 g/mol. The average Bonchev–Trinajstić information content (AvgIpc) is 2.03. The Kier molecular flexibility index (Phi) is 26.7. The number of rotatable bonds is 3. The maximum Gasteiger partial charge on any atom is -0.693 e. The van der Waals surface area contributed by atoms with Crippen molar-refractivity contribution in [3.8, 4) is 0 Å². The molecule has 114 valence electrons. The fourth-order valence-electron chi connectivity index (χ4n) is 1.03. The second-order valence-electron chi connectivity index (χ2n) is 2.93. The van der Waals surface area contributed by atoms with Crippen molar-refractivity contribution in [2.24, 2.45) is 11.7 Å². The van der Waals surface area contributed by atoms with E-state index < -0.39 is 26.9 Å². The van der Waals surface area contributed by atoms with Crippen molar-refractivity contribution in [1.29, 1.82) is 0 Å². The third kappa shape index (κ3) is 47.1. The van der Waals surface area contributed by atoms with Gasteiger partial charge >= 0.3 is 45.7 Å². The van der Waals surface area contributed by atoms with Crippen LogP contribution in [0.3, 0.4) is 0 Å². The molecule has 10 heteroatoms. The van der Waals surface area contributed by atoms with Crippen molar-refractivity contribution in [2.45, 2.75) is 39.7 Å². The Labute approximate surface area is 120 Å². The predicted octanol–water partition coefficient (Wildman–Crippen LogP) is 3.21. The van der Waals surface area contributed by atoms with Crippen LogP contribution in [0.15, 0.2) is 0 Å². The summed E-state index contributed by atoms with van der Waals surface area (Å²) in [6.45, 7) is 6.46. The van der Waals surface area contributed by atoms with Crippen LogP contribution < -0.4 is 5.73 Å². The van der Waals surface area contributed by atoms with E-state index in [-0.39, 0.29) is 6.15 Å². The van der Waals surface area contributed by atoms with E-state index in [4.69, 9.17) is 42.1 Å². The molecule has 0 aliphatic carbocycles. The number of nitrogens with two attached hydrogens (primary N) is 2. The molecule has 6 nitrogen and oxygen atoms in total. The van der Waals surface area contributed by atoms with Crippen LogP contribution in [0.5, 0.6) is 0 Å². The van der Waals surface area contributed by atoms with Crippen LogP contribution in [-0.2, 0) is 26.9 Å². The SMILES string of the molecule is CCC(CC)C(C)N.O=S(=O)(O)O.[Cl][Pt][Cl].[NH2-]. The first-order valence-corrected chi connectivity index (χ1v) is 11.4. The van der Waals surface area contributed by atoms with Gasteiger partial charge in [0, 0.05) is 6.04 Å². The maximum atomic E-state index is 8.74. The standard InChI is InChI=1S/C7H17N.2ClH.H2N.H2O4S.Pt/c1-4-7(5-2)6(3)8;;;;1-5(2,3)4;/h6-7H,4-5,8H2,1-3H3;2*1H;1H2;(H2,1,2,3,4);/q;;;-1;;+2/p-2. The fourth-order valence-corrected chi connectivity index (χ4v) is 1.03. The maximum absolute atomic E-state index is 8.74. The molecule has 0 amide bonds. The van der Waals surface area contributed by atoms with Gasteiger partial charge in [0.05, 0.1) is 0 Å². The summed E-state index contributed by atoms with van der Waals surface area (Å²) < 4.78 is 31.6. The fraction of sp³-hybridized carbons (Fsp3) is 1.00. The molecule has 0 aromatic heterocycles. The van der Waals surface area contributed by atoms with Crippen LogP contribution in [0.4, 0.5) is 0 Å². The Balaban J connectivity index is -0.0000000815. The Hall–Kier alpha value is 1.06. The minimum atomic E-state index is -4.67. The first kappa shape index (κ1) is 26.6. The Bertz CT molecular complexity index is 218. The summed E-state index contributed by atoms with van der Waals surface area (Å²) in [5.41, 5.74) is 5.66. The van der Waals surface area contributed by atoms with E-state index in [0.29, 0.717) is 6.04 Å². The van der Waals surface area contributed by atoms with E-state index in [1.165, 1.54) is 12.8 Å². The van der Waals surface area contributed by atoms with E-state index in [1.54, 1.807) is 0 Å². The van der Waals surface area contributed by atoms with Crippen LogP contribution in [0.1, 0.15) is 33.6 Å². The van der Waals surface area contributed by atoms with Crippen molar-refractivity contribution in [2.75, 3.05) is 0 Å². The number of hydrogen-bond acceptors (Lipinski definition) is 3. The molecule has 0 saturated heterocycles. The summed E-state index contributed by atoms with van der Waals surface area (Å²) in [6.07, 6.45) is 2.43. The third-order valence-electron chi connectivity index (χ3n) is 1.79. The summed E-state index contributed by atoms with van der Waals surface area (Å²) in [4.78, 5) is 0. The second-order valence-corrected chi connectivity index (χ2v) is 7.11. The molecule has 0 heterocycles. The van der Waals surface area contributed by atoms with Crippen LogP contribution >= 0.6 is 18.8 Å². The van der Waals surface area contributed by atoms with Gasteiger partial charge in [-0.25, -0.2) is 0 Å². The van der Waals surface area contributed by atoms with E-state index in [2.05, 4.69) is 20.8 Å². The van der Waals surface area contributed by atoms with Gasteiger partial charge < -0.3 is 11.9 Å². The molecule has 0 bridgehead atoms. The quantitative estimate of drug-likeness (QED) is 0.517. The van der Waals surface area contributed by atoms with Crippen molar-refractivity contribution < 1.29 is 34.0 Å². The van der Waals surface area contributed by atoms with Gasteiger partial charge in [-0.3, -0.25) is 9.11 Å². The minimum Gasteiger partial charge on any atom is -0.693 e.